The van der Waals surface area contributed by atoms with Crippen LogP contribution in [0.25, 0.3) is 0 Å². The number of ether oxygens (including phenoxy) is 1. The number of fused-ring (bicyclic) bond motifs is 1. The standard InChI is InChI=1S/C27H24FNO4S/c1-16(18-7-9-19(10-8-18)26(31)32)29-25(30)24-21-14-27(2,3)33-15-23(21)34-22(24)13-6-17-4-11-20(28)12-5-17/h4-5,7-12,16H,14-15H2,1-3H3,(H,29,30)(H,31,32). The Morgan fingerprint density at radius 2 is 1.79 bits per heavy atom. The summed E-state index contributed by atoms with van der Waals surface area (Å²) in [4.78, 5) is 26.2. The van der Waals surface area contributed by atoms with Crippen LogP contribution in [-0.2, 0) is 17.8 Å². The second-order valence-electron chi connectivity index (χ2n) is 8.81. The Labute approximate surface area is 201 Å². The highest BCUT2D eigenvalue weighted by atomic mass is 32.1. The van der Waals surface area contributed by atoms with Crippen LogP contribution in [0.3, 0.4) is 0 Å². The van der Waals surface area contributed by atoms with E-state index in [1.165, 1.54) is 35.6 Å². The Balaban J connectivity index is 1.66. The molecule has 1 aliphatic heterocycles. The van der Waals surface area contributed by atoms with Crippen LogP contribution >= 0.6 is 11.3 Å². The predicted octanol–water partition coefficient (Wildman–Crippen LogP) is 5.33. The fraction of sp³-hybridized carbons (Fsp3) is 0.259. The molecule has 0 saturated carbocycles. The highest BCUT2D eigenvalue weighted by molar-refractivity contribution is 7.13. The van der Waals surface area contributed by atoms with Crippen LogP contribution in [0.15, 0.2) is 48.5 Å². The summed E-state index contributed by atoms with van der Waals surface area (Å²) in [6.45, 7) is 6.25. The Morgan fingerprint density at radius 1 is 1.12 bits per heavy atom. The summed E-state index contributed by atoms with van der Waals surface area (Å²) in [5.74, 6) is 4.57. The number of carboxylic acids is 1. The van der Waals surface area contributed by atoms with Crippen LogP contribution < -0.4 is 5.32 Å². The quantitative estimate of drug-likeness (QED) is 0.498. The molecule has 2 N–H and O–H groups in total. The molecule has 7 heteroatoms. The van der Waals surface area contributed by atoms with Crippen molar-refractivity contribution in [1.82, 2.24) is 5.32 Å². The minimum Gasteiger partial charge on any atom is -0.478 e. The first kappa shape index (κ1) is 23.7. The average molecular weight is 478 g/mol. The zero-order valence-electron chi connectivity index (χ0n) is 19.1. The molecule has 0 saturated heterocycles. The molecular formula is C27H24FNO4S. The zero-order chi connectivity index (χ0) is 24.5. The first-order valence-electron chi connectivity index (χ1n) is 10.8. The van der Waals surface area contributed by atoms with Gasteiger partial charge in [-0.25, -0.2) is 9.18 Å². The summed E-state index contributed by atoms with van der Waals surface area (Å²) in [7, 11) is 0. The third-order valence-corrected chi connectivity index (χ3v) is 6.81. The molecule has 2 heterocycles. The van der Waals surface area contributed by atoms with E-state index < -0.39 is 11.6 Å². The molecule has 1 amide bonds. The van der Waals surface area contributed by atoms with Gasteiger partial charge in [-0.2, -0.15) is 0 Å². The average Bonchev–Trinajstić information content (AvgIpc) is 3.15. The molecule has 1 aromatic heterocycles. The Hall–Kier alpha value is -3.47. The van der Waals surface area contributed by atoms with Gasteiger partial charge in [0.25, 0.3) is 5.91 Å². The lowest BCUT2D eigenvalue weighted by Crippen LogP contribution is -2.33. The largest absolute Gasteiger partial charge is 0.478 e. The molecule has 0 radical (unpaired) electrons. The van der Waals surface area contributed by atoms with Gasteiger partial charge in [-0.05, 0) is 74.2 Å². The number of carbonyl (C=O) groups is 2. The highest BCUT2D eigenvalue weighted by Gasteiger charge is 2.33. The first-order chi connectivity index (χ1) is 16.1. The van der Waals surface area contributed by atoms with E-state index in [-0.39, 0.29) is 23.3 Å². The molecule has 0 bridgehead atoms. The third kappa shape index (κ3) is 5.19. The fourth-order valence-corrected chi connectivity index (χ4v) is 4.89. The van der Waals surface area contributed by atoms with Crippen molar-refractivity contribution in [3.8, 4) is 11.8 Å². The maximum absolute atomic E-state index is 13.5. The van der Waals surface area contributed by atoms with Crippen molar-refractivity contribution in [2.45, 2.75) is 45.4 Å². The molecule has 4 rings (SSSR count). The highest BCUT2D eigenvalue weighted by Crippen LogP contribution is 2.37. The van der Waals surface area contributed by atoms with Crippen molar-refractivity contribution in [3.63, 3.8) is 0 Å². The maximum atomic E-state index is 13.5. The number of carbonyl (C=O) groups excluding carboxylic acids is 1. The smallest absolute Gasteiger partial charge is 0.335 e. The molecule has 1 unspecified atom stereocenters. The van der Waals surface area contributed by atoms with Crippen molar-refractivity contribution in [1.29, 1.82) is 0 Å². The lowest BCUT2D eigenvalue weighted by molar-refractivity contribution is -0.0383. The number of benzene rings is 2. The topological polar surface area (TPSA) is 75.6 Å². The minimum absolute atomic E-state index is 0.190. The summed E-state index contributed by atoms with van der Waals surface area (Å²) in [5.41, 5.74) is 2.72. The van der Waals surface area contributed by atoms with Gasteiger partial charge in [0.1, 0.15) is 5.82 Å². The summed E-state index contributed by atoms with van der Waals surface area (Å²) in [5, 5.41) is 12.1. The van der Waals surface area contributed by atoms with E-state index in [0.717, 1.165) is 16.0 Å². The van der Waals surface area contributed by atoms with Crippen LogP contribution in [0.5, 0.6) is 0 Å². The van der Waals surface area contributed by atoms with Gasteiger partial charge in [0, 0.05) is 16.9 Å². The SMILES string of the molecule is CC(NC(=O)c1c(C#Cc2ccc(F)cc2)sc2c1CC(C)(C)OC2)c1ccc(C(=O)O)cc1. The second-order valence-corrected chi connectivity index (χ2v) is 9.92. The van der Waals surface area contributed by atoms with E-state index in [1.807, 2.05) is 20.8 Å². The van der Waals surface area contributed by atoms with Crippen molar-refractivity contribution < 1.29 is 23.8 Å². The third-order valence-electron chi connectivity index (χ3n) is 5.68. The van der Waals surface area contributed by atoms with Gasteiger partial charge in [0.05, 0.1) is 34.3 Å². The molecule has 1 atom stereocenters. The van der Waals surface area contributed by atoms with Gasteiger partial charge in [0.2, 0.25) is 0 Å². The van der Waals surface area contributed by atoms with E-state index in [1.54, 1.807) is 24.3 Å². The Morgan fingerprint density at radius 3 is 2.44 bits per heavy atom. The maximum Gasteiger partial charge on any atom is 0.335 e. The first-order valence-corrected chi connectivity index (χ1v) is 11.6. The number of nitrogens with one attached hydrogen (secondary N) is 1. The van der Waals surface area contributed by atoms with E-state index in [4.69, 9.17) is 9.84 Å². The lowest BCUT2D eigenvalue weighted by Gasteiger charge is -2.30. The van der Waals surface area contributed by atoms with E-state index >= 15 is 0 Å². The van der Waals surface area contributed by atoms with E-state index in [2.05, 4.69) is 17.2 Å². The number of hydrogen-bond donors (Lipinski definition) is 2. The fourth-order valence-electron chi connectivity index (χ4n) is 3.81. The molecule has 2 aromatic carbocycles. The Bertz CT molecular complexity index is 1300. The van der Waals surface area contributed by atoms with Gasteiger partial charge in [0.15, 0.2) is 0 Å². The van der Waals surface area contributed by atoms with Crippen LogP contribution in [0.4, 0.5) is 4.39 Å². The van der Waals surface area contributed by atoms with Gasteiger partial charge in [-0.15, -0.1) is 11.3 Å². The number of thiophene rings is 1. The van der Waals surface area contributed by atoms with Gasteiger partial charge >= 0.3 is 5.97 Å². The molecule has 0 aliphatic carbocycles. The summed E-state index contributed by atoms with van der Waals surface area (Å²) in [6.07, 6.45) is 0.585. The molecule has 0 spiro atoms. The molecule has 5 nitrogen and oxygen atoms in total. The number of halogens is 1. The predicted molar refractivity (Wildman–Crippen MR) is 129 cm³/mol. The number of aromatic carboxylic acids is 1. The second kappa shape index (κ2) is 9.41. The van der Waals surface area contributed by atoms with Crippen molar-refractivity contribution in [2.24, 2.45) is 0 Å². The monoisotopic (exact) mass is 477 g/mol. The molecule has 174 valence electrons. The van der Waals surface area contributed by atoms with Crippen LogP contribution in [0, 0.1) is 17.7 Å². The van der Waals surface area contributed by atoms with Crippen molar-refractivity contribution in [2.75, 3.05) is 0 Å². The normalized spacial score (nSPS) is 14.9. The van der Waals surface area contributed by atoms with Crippen molar-refractivity contribution in [3.05, 3.63) is 91.9 Å². The number of amides is 1. The Kier molecular flexibility index (Phi) is 6.56. The summed E-state index contributed by atoms with van der Waals surface area (Å²) in [6, 6.07) is 12.0. The number of hydrogen-bond acceptors (Lipinski definition) is 4. The number of rotatable bonds is 4. The van der Waals surface area contributed by atoms with E-state index in [9.17, 15) is 14.0 Å². The molecule has 34 heavy (non-hydrogen) atoms. The van der Waals surface area contributed by atoms with E-state index in [0.29, 0.717) is 29.0 Å². The molecule has 0 fully saturated rings. The number of carboxylic acid groups (broad SMARTS) is 1. The van der Waals surface area contributed by atoms with Gasteiger partial charge in [-0.1, -0.05) is 18.1 Å². The lowest BCUT2D eigenvalue weighted by atomic mass is 9.92. The van der Waals surface area contributed by atoms with Crippen LogP contribution in [0.1, 0.15) is 74.0 Å². The zero-order valence-corrected chi connectivity index (χ0v) is 19.9. The molecule has 3 aromatic rings. The van der Waals surface area contributed by atoms with Crippen molar-refractivity contribution >= 4 is 23.2 Å². The van der Waals surface area contributed by atoms with Gasteiger partial charge < -0.3 is 15.2 Å². The minimum atomic E-state index is -0.998. The molecular weight excluding hydrogens is 453 g/mol. The summed E-state index contributed by atoms with van der Waals surface area (Å²) >= 11 is 1.44. The summed E-state index contributed by atoms with van der Waals surface area (Å²) < 4.78 is 19.2. The van der Waals surface area contributed by atoms with Crippen LogP contribution in [-0.4, -0.2) is 22.6 Å². The molecule has 1 aliphatic rings. The van der Waals surface area contributed by atoms with Crippen LogP contribution in [0.2, 0.25) is 0 Å². The van der Waals surface area contributed by atoms with Gasteiger partial charge in [-0.3, -0.25) is 4.79 Å².